The Bertz CT molecular complexity index is 1950. The Morgan fingerprint density at radius 2 is 1.63 bits per heavy atom. The standard InChI is InChI=1S/C28H19Cl2N9O2/c1-16-24(26(30)37(35-16)20-5-3-2-4-6-20)23-15-22(17-7-13-21(14-8-17)39(40)41)32-28-25(27(31)36-38(23)28)34-33-19-11-9-18(29)10-12-19/h2-15H,1H3,(H2,31,36). The normalized spacial score (nSPS) is 11.5. The number of fused-ring (bicyclic) bond motifs is 1. The van der Waals surface area contributed by atoms with E-state index in [-0.39, 0.29) is 17.2 Å². The lowest BCUT2D eigenvalue weighted by Crippen LogP contribution is -2.00. The van der Waals surface area contributed by atoms with Gasteiger partial charge in [0.15, 0.2) is 17.2 Å². The molecule has 3 heterocycles. The minimum Gasteiger partial charge on any atom is -0.380 e. The number of hydrogen-bond acceptors (Lipinski definition) is 8. The predicted molar refractivity (Wildman–Crippen MR) is 157 cm³/mol. The fourth-order valence-corrected chi connectivity index (χ4v) is 4.84. The number of nitrogen functional groups attached to an aromatic ring is 1. The number of rotatable bonds is 6. The first-order valence-electron chi connectivity index (χ1n) is 12.2. The van der Waals surface area contributed by atoms with Gasteiger partial charge in [-0.25, -0.2) is 14.2 Å². The van der Waals surface area contributed by atoms with Crippen molar-refractivity contribution in [3.8, 4) is 28.2 Å². The number of nitro groups is 1. The highest BCUT2D eigenvalue weighted by Crippen LogP contribution is 2.38. The zero-order valence-electron chi connectivity index (χ0n) is 21.3. The first kappa shape index (κ1) is 26.1. The van der Waals surface area contributed by atoms with Crippen molar-refractivity contribution >= 4 is 51.7 Å². The summed E-state index contributed by atoms with van der Waals surface area (Å²) in [4.78, 5) is 15.5. The summed E-state index contributed by atoms with van der Waals surface area (Å²) in [6.45, 7) is 1.84. The van der Waals surface area contributed by atoms with Gasteiger partial charge in [0.2, 0.25) is 0 Å². The van der Waals surface area contributed by atoms with E-state index >= 15 is 0 Å². The summed E-state index contributed by atoms with van der Waals surface area (Å²) < 4.78 is 3.18. The molecule has 0 saturated carbocycles. The van der Waals surface area contributed by atoms with Crippen LogP contribution in [0.1, 0.15) is 5.69 Å². The second kappa shape index (κ2) is 10.5. The second-order valence-corrected chi connectivity index (χ2v) is 9.77. The summed E-state index contributed by atoms with van der Waals surface area (Å²) in [6.07, 6.45) is 0. The SMILES string of the molecule is Cc1nn(-c2ccccc2)c(Cl)c1-c1cc(-c2ccc([N+](=O)[O-])cc2)nc2c(N=Nc3ccc(Cl)cc3)c(N)nn12. The zero-order chi connectivity index (χ0) is 28.7. The van der Waals surface area contributed by atoms with E-state index in [1.807, 2.05) is 37.3 Å². The maximum atomic E-state index is 11.2. The predicted octanol–water partition coefficient (Wildman–Crippen LogP) is 7.77. The molecule has 6 rings (SSSR count). The van der Waals surface area contributed by atoms with E-state index in [0.29, 0.717) is 49.7 Å². The number of nitrogens with zero attached hydrogens (tertiary/aromatic N) is 8. The molecule has 0 unspecified atom stereocenters. The highest BCUT2D eigenvalue weighted by Gasteiger charge is 2.24. The van der Waals surface area contributed by atoms with Gasteiger partial charge in [-0.3, -0.25) is 10.1 Å². The molecule has 0 aliphatic heterocycles. The van der Waals surface area contributed by atoms with Crippen LogP contribution < -0.4 is 5.73 Å². The van der Waals surface area contributed by atoms with Gasteiger partial charge in [-0.15, -0.1) is 10.2 Å². The third-order valence-electron chi connectivity index (χ3n) is 6.32. The Balaban J connectivity index is 1.58. The van der Waals surface area contributed by atoms with Crippen molar-refractivity contribution < 1.29 is 4.92 Å². The molecule has 0 aliphatic carbocycles. The average Bonchev–Trinajstić information content (AvgIpc) is 3.46. The van der Waals surface area contributed by atoms with Crippen molar-refractivity contribution in [1.29, 1.82) is 0 Å². The molecule has 0 amide bonds. The highest BCUT2D eigenvalue weighted by atomic mass is 35.5. The summed E-state index contributed by atoms with van der Waals surface area (Å²) in [7, 11) is 0. The zero-order valence-corrected chi connectivity index (χ0v) is 22.8. The topological polar surface area (TPSA) is 142 Å². The average molecular weight is 584 g/mol. The van der Waals surface area contributed by atoms with Crippen LogP contribution in [0.4, 0.5) is 22.9 Å². The number of nitro benzene ring substituents is 1. The number of benzene rings is 3. The third-order valence-corrected chi connectivity index (χ3v) is 6.92. The maximum absolute atomic E-state index is 11.2. The molecule has 3 aromatic carbocycles. The van der Waals surface area contributed by atoms with Gasteiger partial charge in [0.25, 0.3) is 5.69 Å². The molecule has 2 N–H and O–H groups in total. The van der Waals surface area contributed by atoms with Crippen LogP contribution in [0, 0.1) is 17.0 Å². The number of azo groups is 1. The molecular formula is C28H19Cl2N9O2. The van der Waals surface area contributed by atoms with Crippen LogP contribution in [0.25, 0.3) is 33.8 Å². The van der Waals surface area contributed by atoms with Crippen molar-refractivity contribution in [3.63, 3.8) is 0 Å². The summed E-state index contributed by atoms with van der Waals surface area (Å²) in [5.41, 5.74) is 11.1. The molecule has 0 fully saturated rings. The van der Waals surface area contributed by atoms with Crippen LogP contribution in [-0.4, -0.2) is 29.3 Å². The van der Waals surface area contributed by atoms with Crippen molar-refractivity contribution in [2.45, 2.75) is 6.92 Å². The molecule has 6 aromatic rings. The fraction of sp³-hybridized carbons (Fsp3) is 0.0357. The smallest absolute Gasteiger partial charge is 0.269 e. The molecule has 11 nitrogen and oxygen atoms in total. The molecule has 0 atom stereocenters. The molecule has 0 spiro atoms. The maximum Gasteiger partial charge on any atom is 0.269 e. The Labute approximate surface area is 242 Å². The molecule has 0 radical (unpaired) electrons. The molecule has 3 aromatic heterocycles. The molecule has 41 heavy (non-hydrogen) atoms. The Kier molecular flexibility index (Phi) is 6.66. The number of hydrogen-bond donors (Lipinski definition) is 1. The number of non-ortho nitro benzene ring substituents is 1. The molecule has 0 bridgehead atoms. The minimum absolute atomic E-state index is 0.0378. The number of aryl methyl sites for hydroxylation is 1. The van der Waals surface area contributed by atoms with Gasteiger partial charge in [-0.1, -0.05) is 41.4 Å². The number of anilines is 1. The number of para-hydroxylation sites is 1. The molecular weight excluding hydrogens is 565 g/mol. The van der Waals surface area contributed by atoms with Crippen molar-refractivity contribution in [3.05, 3.63) is 111 Å². The van der Waals surface area contributed by atoms with Crippen LogP contribution >= 0.6 is 23.2 Å². The van der Waals surface area contributed by atoms with Crippen molar-refractivity contribution in [1.82, 2.24) is 24.4 Å². The van der Waals surface area contributed by atoms with E-state index in [2.05, 4.69) is 20.4 Å². The van der Waals surface area contributed by atoms with E-state index in [1.54, 1.807) is 51.7 Å². The van der Waals surface area contributed by atoms with Gasteiger partial charge in [0.1, 0.15) is 5.15 Å². The number of nitrogens with two attached hydrogens (primary N) is 1. The number of halogens is 2. The Morgan fingerprint density at radius 3 is 2.32 bits per heavy atom. The fourth-order valence-electron chi connectivity index (χ4n) is 4.34. The van der Waals surface area contributed by atoms with Gasteiger partial charge in [-0.2, -0.15) is 10.2 Å². The summed E-state index contributed by atoms with van der Waals surface area (Å²) in [5, 5.41) is 30.0. The summed E-state index contributed by atoms with van der Waals surface area (Å²) in [5.74, 6) is 0.0986. The molecule has 13 heteroatoms. The second-order valence-electron chi connectivity index (χ2n) is 8.97. The van der Waals surface area contributed by atoms with Crippen molar-refractivity contribution in [2.24, 2.45) is 10.2 Å². The summed E-state index contributed by atoms with van der Waals surface area (Å²) in [6, 6.07) is 24.2. The Morgan fingerprint density at radius 1 is 0.927 bits per heavy atom. The lowest BCUT2D eigenvalue weighted by molar-refractivity contribution is -0.384. The van der Waals surface area contributed by atoms with Gasteiger partial charge >= 0.3 is 0 Å². The van der Waals surface area contributed by atoms with E-state index in [0.717, 1.165) is 5.69 Å². The van der Waals surface area contributed by atoms with E-state index in [9.17, 15) is 10.1 Å². The van der Waals surface area contributed by atoms with Crippen LogP contribution in [0.2, 0.25) is 10.2 Å². The van der Waals surface area contributed by atoms with Crippen LogP contribution in [0.5, 0.6) is 0 Å². The third kappa shape index (κ3) is 4.88. The monoisotopic (exact) mass is 583 g/mol. The van der Waals surface area contributed by atoms with Gasteiger partial charge in [0.05, 0.1) is 38.9 Å². The van der Waals surface area contributed by atoms with E-state index in [1.165, 1.54) is 12.1 Å². The largest absolute Gasteiger partial charge is 0.380 e. The van der Waals surface area contributed by atoms with Gasteiger partial charge < -0.3 is 5.73 Å². The lowest BCUT2D eigenvalue weighted by atomic mass is 10.1. The molecule has 202 valence electrons. The Hall–Kier alpha value is -5.13. The number of aromatic nitrogens is 5. The molecule has 0 saturated heterocycles. The van der Waals surface area contributed by atoms with E-state index in [4.69, 9.17) is 33.9 Å². The summed E-state index contributed by atoms with van der Waals surface area (Å²) >= 11 is 12.9. The van der Waals surface area contributed by atoms with Crippen molar-refractivity contribution in [2.75, 3.05) is 5.73 Å². The van der Waals surface area contributed by atoms with Crippen LogP contribution in [0.3, 0.4) is 0 Å². The van der Waals surface area contributed by atoms with Gasteiger partial charge in [-0.05, 0) is 61.5 Å². The lowest BCUT2D eigenvalue weighted by Gasteiger charge is -2.09. The first-order chi connectivity index (χ1) is 19.8. The quantitative estimate of drug-likeness (QED) is 0.120. The van der Waals surface area contributed by atoms with E-state index < -0.39 is 4.92 Å². The minimum atomic E-state index is -0.458. The highest BCUT2D eigenvalue weighted by molar-refractivity contribution is 6.32. The first-order valence-corrected chi connectivity index (χ1v) is 13.0. The molecule has 0 aliphatic rings. The van der Waals surface area contributed by atoms with Gasteiger partial charge in [0, 0.05) is 22.7 Å². The van der Waals surface area contributed by atoms with Crippen LogP contribution in [-0.2, 0) is 0 Å². The van der Waals surface area contributed by atoms with Crippen LogP contribution in [0.15, 0.2) is 95.2 Å².